The molecule has 5 nitrogen and oxygen atoms in total. The molecule has 0 fully saturated rings. The van der Waals surface area contributed by atoms with Gasteiger partial charge in [-0.1, -0.05) is 0 Å². The average Bonchev–Trinajstić information content (AvgIpc) is 2.67. The first-order chi connectivity index (χ1) is 6.70. The van der Waals surface area contributed by atoms with E-state index < -0.39 is 5.69 Å². The molecule has 0 aromatic carbocycles. The Morgan fingerprint density at radius 2 is 2.21 bits per heavy atom. The highest BCUT2D eigenvalue weighted by Gasteiger charge is 2.08. The van der Waals surface area contributed by atoms with Crippen LogP contribution in [0, 0.1) is 0 Å². The molecule has 0 aliphatic rings. The second-order valence-corrected chi connectivity index (χ2v) is 2.85. The van der Waals surface area contributed by atoms with E-state index in [1.807, 2.05) is 0 Å². The molecule has 0 aliphatic carbocycles. The van der Waals surface area contributed by atoms with Crippen LogP contribution in [0.1, 0.15) is 0 Å². The second-order valence-electron chi connectivity index (χ2n) is 2.85. The van der Waals surface area contributed by atoms with Gasteiger partial charge in [0.2, 0.25) is 0 Å². The van der Waals surface area contributed by atoms with Crippen molar-refractivity contribution in [3.05, 3.63) is 45.4 Å². The van der Waals surface area contributed by atoms with Crippen molar-refractivity contribution in [2.75, 3.05) is 0 Å². The number of hydrogen-bond donors (Lipinski definition) is 1. The van der Waals surface area contributed by atoms with Crippen LogP contribution in [0.4, 0.5) is 0 Å². The maximum Gasteiger partial charge on any atom is 0.328 e. The molecule has 0 unspecified atom stereocenters. The van der Waals surface area contributed by atoms with Crippen LogP contribution in [-0.4, -0.2) is 9.55 Å². The first-order valence-electron chi connectivity index (χ1n) is 4.03. The smallest absolute Gasteiger partial charge is 0.328 e. The van der Waals surface area contributed by atoms with Crippen LogP contribution in [0.2, 0.25) is 0 Å². The van der Waals surface area contributed by atoms with E-state index in [4.69, 9.17) is 4.42 Å². The predicted molar refractivity (Wildman–Crippen MR) is 50.0 cm³/mol. The number of furan rings is 1. The predicted octanol–water partition coefficient (Wildman–Crippen LogP) is 0.334. The number of nitrogens with one attached hydrogen (secondary N) is 1. The molecular weight excluding hydrogens is 184 g/mol. The topological polar surface area (TPSA) is 68.0 Å². The molecule has 5 heteroatoms. The summed E-state index contributed by atoms with van der Waals surface area (Å²) in [7, 11) is 1.41. The molecule has 2 heterocycles. The van der Waals surface area contributed by atoms with Crippen molar-refractivity contribution in [1.82, 2.24) is 9.55 Å². The lowest BCUT2D eigenvalue weighted by Gasteiger charge is -1.98. The SMILES string of the molecule is Cn1c(=O)[nH]cc(-c2ccco2)c1=O. The third-order valence-electron chi connectivity index (χ3n) is 1.97. The van der Waals surface area contributed by atoms with Gasteiger partial charge in [-0.05, 0) is 12.1 Å². The first kappa shape index (κ1) is 8.55. The molecule has 14 heavy (non-hydrogen) atoms. The molecular formula is C9H8N2O3. The fourth-order valence-corrected chi connectivity index (χ4v) is 1.17. The Morgan fingerprint density at radius 3 is 2.86 bits per heavy atom. The van der Waals surface area contributed by atoms with E-state index in [0.717, 1.165) is 4.57 Å². The zero-order chi connectivity index (χ0) is 10.1. The summed E-state index contributed by atoms with van der Waals surface area (Å²) in [6.45, 7) is 0. The van der Waals surface area contributed by atoms with Gasteiger partial charge in [0, 0.05) is 13.2 Å². The molecule has 0 bridgehead atoms. The highest BCUT2D eigenvalue weighted by molar-refractivity contribution is 5.53. The van der Waals surface area contributed by atoms with E-state index in [1.165, 1.54) is 19.5 Å². The summed E-state index contributed by atoms with van der Waals surface area (Å²) in [5.74, 6) is 0.446. The van der Waals surface area contributed by atoms with Gasteiger partial charge in [0.15, 0.2) is 0 Å². The van der Waals surface area contributed by atoms with Crippen molar-refractivity contribution in [2.45, 2.75) is 0 Å². The quantitative estimate of drug-likeness (QED) is 0.708. The van der Waals surface area contributed by atoms with Crippen LogP contribution in [0.15, 0.2) is 38.6 Å². The van der Waals surface area contributed by atoms with Crippen LogP contribution in [-0.2, 0) is 7.05 Å². The van der Waals surface area contributed by atoms with Gasteiger partial charge in [-0.2, -0.15) is 0 Å². The molecule has 0 saturated carbocycles. The third kappa shape index (κ3) is 1.19. The molecule has 2 aromatic heterocycles. The summed E-state index contributed by atoms with van der Waals surface area (Å²) >= 11 is 0. The van der Waals surface area contributed by atoms with Gasteiger partial charge in [-0.15, -0.1) is 0 Å². The fraction of sp³-hybridized carbons (Fsp3) is 0.111. The summed E-state index contributed by atoms with van der Waals surface area (Å²) in [4.78, 5) is 25.1. The standard InChI is InChI=1S/C9H8N2O3/c1-11-8(12)6(5-10-9(11)13)7-3-2-4-14-7/h2-5H,1H3,(H,10,13). The van der Waals surface area contributed by atoms with Gasteiger partial charge in [0.25, 0.3) is 5.56 Å². The number of H-pyrrole nitrogens is 1. The summed E-state index contributed by atoms with van der Waals surface area (Å²) in [6, 6.07) is 3.34. The van der Waals surface area contributed by atoms with Gasteiger partial charge >= 0.3 is 5.69 Å². The van der Waals surface area contributed by atoms with E-state index >= 15 is 0 Å². The van der Waals surface area contributed by atoms with Gasteiger partial charge in [0.05, 0.1) is 11.8 Å². The van der Waals surface area contributed by atoms with Crippen LogP contribution in [0.25, 0.3) is 11.3 Å². The van der Waals surface area contributed by atoms with Crippen molar-refractivity contribution < 1.29 is 4.42 Å². The molecule has 1 N–H and O–H groups in total. The van der Waals surface area contributed by atoms with E-state index in [0.29, 0.717) is 11.3 Å². The van der Waals surface area contributed by atoms with Crippen molar-refractivity contribution >= 4 is 0 Å². The number of rotatable bonds is 1. The van der Waals surface area contributed by atoms with Crippen LogP contribution >= 0.6 is 0 Å². The highest BCUT2D eigenvalue weighted by Crippen LogP contribution is 2.12. The molecule has 2 aromatic rings. The molecule has 0 spiro atoms. The highest BCUT2D eigenvalue weighted by atomic mass is 16.3. The van der Waals surface area contributed by atoms with Gasteiger partial charge in [-0.3, -0.25) is 9.36 Å². The molecule has 0 amide bonds. The Kier molecular flexibility index (Phi) is 1.85. The summed E-state index contributed by atoms with van der Waals surface area (Å²) in [6.07, 6.45) is 2.82. The lowest BCUT2D eigenvalue weighted by atomic mass is 10.2. The first-order valence-corrected chi connectivity index (χ1v) is 4.03. The molecule has 0 aliphatic heterocycles. The summed E-state index contributed by atoms with van der Waals surface area (Å²) in [5.41, 5.74) is -0.467. The third-order valence-corrected chi connectivity index (χ3v) is 1.97. The Morgan fingerprint density at radius 1 is 1.43 bits per heavy atom. The molecule has 0 radical (unpaired) electrons. The van der Waals surface area contributed by atoms with Crippen molar-refractivity contribution in [1.29, 1.82) is 0 Å². The summed E-state index contributed by atoms with van der Waals surface area (Å²) in [5, 5.41) is 0. The molecule has 2 rings (SSSR count). The molecule has 72 valence electrons. The van der Waals surface area contributed by atoms with Crippen molar-refractivity contribution in [3.8, 4) is 11.3 Å². The van der Waals surface area contributed by atoms with Gasteiger partial charge in [0.1, 0.15) is 5.76 Å². The normalized spacial score (nSPS) is 10.4. The Balaban J connectivity index is 2.74. The van der Waals surface area contributed by atoms with Gasteiger partial charge < -0.3 is 9.40 Å². The number of aromatic amines is 1. The Labute approximate surface area is 78.6 Å². The van der Waals surface area contributed by atoms with E-state index in [1.54, 1.807) is 12.1 Å². The summed E-state index contributed by atoms with van der Waals surface area (Å²) < 4.78 is 6.06. The minimum atomic E-state index is -0.440. The Hall–Kier alpha value is -2.04. The van der Waals surface area contributed by atoms with Crippen molar-refractivity contribution in [3.63, 3.8) is 0 Å². The Bertz CT molecular complexity index is 548. The fourth-order valence-electron chi connectivity index (χ4n) is 1.17. The molecule has 0 atom stereocenters. The maximum absolute atomic E-state index is 11.6. The number of nitrogens with zero attached hydrogens (tertiary/aromatic N) is 1. The second kappa shape index (κ2) is 3.02. The monoisotopic (exact) mass is 192 g/mol. The van der Waals surface area contributed by atoms with E-state index in [2.05, 4.69) is 4.98 Å². The van der Waals surface area contributed by atoms with E-state index in [9.17, 15) is 9.59 Å². The lowest BCUT2D eigenvalue weighted by molar-refractivity contribution is 0.579. The minimum Gasteiger partial charge on any atom is -0.464 e. The number of hydrogen-bond acceptors (Lipinski definition) is 3. The van der Waals surface area contributed by atoms with E-state index in [-0.39, 0.29) is 5.56 Å². The van der Waals surface area contributed by atoms with Crippen LogP contribution < -0.4 is 11.2 Å². The van der Waals surface area contributed by atoms with Crippen LogP contribution in [0.3, 0.4) is 0 Å². The maximum atomic E-state index is 11.6. The zero-order valence-corrected chi connectivity index (χ0v) is 7.48. The largest absolute Gasteiger partial charge is 0.464 e. The minimum absolute atomic E-state index is 0.345. The lowest BCUT2D eigenvalue weighted by Crippen LogP contribution is -2.32. The molecule has 0 saturated heterocycles. The van der Waals surface area contributed by atoms with Gasteiger partial charge in [-0.25, -0.2) is 4.79 Å². The average molecular weight is 192 g/mol. The van der Waals surface area contributed by atoms with Crippen LogP contribution in [0.5, 0.6) is 0 Å². The number of aromatic nitrogens is 2. The van der Waals surface area contributed by atoms with Crippen molar-refractivity contribution in [2.24, 2.45) is 7.05 Å². The zero-order valence-electron chi connectivity index (χ0n) is 7.48.